The minimum Gasteiger partial charge on any atom is -0.448 e. The summed E-state index contributed by atoms with van der Waals surface area (Å²) in [6.45, 7) is 8.59. The maximum absolute atomic E-state index is 13.9. The molecule has 0 aliphatic rings. The van der Waals surface area contributed by atoms with Gasteiger partial charge in [0.05, 0.1) is 18.7 Å². The van der Waals surface area contributed by atoms with Crippen molar-refractivity contribution >= 4 is 39.1 Å². The van der Waals surface area contributed by atoms with Crippen molar-refractivity contribution in [2.24, 2.45) is 0 Å². The zero-order valence-electron chi connectivity index (χ0n) is 36.9. The molecule has 0 aliphatic carbocycles. The van der Waals surface area contributed by atoms with E-state index in [1.165, 1.54) is 30.6 Å². The standard InChI is InChI=1S/2C14H7N3.C12H4F2N3O2.C12H7F2N2O2.2Ir/c2*15-9-11-4-3-5-12(8-11)17-10-16-13-6-1-2-7-14(13)17;1-15-7-4-5-16-10(6-7)8-2-3-9(13)12(11(8)14)17(18)19;1-7-4-5-15-10(6-7)8-2-3-9(13)12(11(8)14)16(17)18;;/h2*1-4,6-8H;3-6H;3-6H,1H3;;/q2*-2;2*-1;2*+3. The van der Waals surface area contributed by atoms with E-state index in [2.05, 4.69) is 73.8 Å². The third-order valence-corrected chi connectivity index (χ3v) is 9.76. The second-order valence-electron chi connectivity index (χ2n) is 14.3. The molecule has 0 aliphatic heterocycles. The van der Waals surface area contributed by atoms with E-state index in [-0.39, 0.29) is 68.4 Å². The molecule has 6 aromatic carbocycles. The quantitative estimate of drug-likeness (QED) is 0.0668. The van der Waals surface area contributed by atoms with Crippen LogP contribution in [0.4, 0.5) is 34.6 Å². The van der Waals surface area contributed by atoms with Crippen LogP contribution in [0.1, 0.15) is 16.7 Å². The second-order valence-corrected chi connectivity index (χ2v) is 14.3. The number of nitro groups is 2. The van der Waals surface area contributed by atoms with Crippen LogP contribution in [-0.4, -0.2) is 38.9 Å². The Kier molecular flexibility index (Phi) is 18.8. The summed E-state index contributed by atoms with van der Waals surface area (Å²) in [5.74, 6) is -5.20. The van der Waals surface area contributed by atoms with Crippen LogP contribution in [0.25, 0.3) is 60.8 Å². The molecular formula is C52H25F4Ir2N11O4. The number of pyridine rings is 2. The first-order chi connectivity index (χ1) is 34.3. The van der Waals surface area contributed by atoms with Gasteiger partial charge < -0.3 is 29.1 Å². The monoisotopic (exact) mass is 1330 g/mol. The average Bonchev–Trinajstić information content (AvgIpc) is 4.02. The molecule has 0 saturated heterocycles. The number of hydrogen-bond donors (Lipinski definition) is 0. The Labute approximate surface area is 439 Å². The van der Waals surface area contributed by atoms with Gasteiger partial charge in [-0.1, -0.05) is 99.5 Å². The normalized spacial score (nSPS) is 9.95. The molecule has 4 aromatic heterocycles. The Hall–Kier alpha value is -9.15. The zero-order valence-corrected chi connectivity index (χ0v) is 41.7. The van der Waals surface area contributed by atoms with Gasteiger partial charge in [0.2, 0.25) is 0 Å². The first-order valence-corrected chi connectivity index (χ1v) is 20.2. The molecule has 0 bridgehead atoms. The summed E-state index contributed by atoms with van der Waals surface area (Å²) in [6.07, 6.45) is 8.51. The second kappa shape index (κ2) is 25.1. The molecule has 0 spiro atoms. The van der Waals surface area contributed by atoms with Gasteiger partial charge in [0.25, 0.3) is 11.4 Å². The molecule has 0 saturated carbocycles. The number of nitrogens with zero attached hydrogens (tertiary/aromatic N) is 11. The van der Waals surface area contributed by atoms with E-state index in [4.69, 9.17) is 17.1 Å². The van der Waals surface area contributed by atoms with Gasteiger partial charge in [-0.2, -0.15) is 58.3 Å². The number of aryl methyl sites for hydroxylation is 1. The summed E-state index contributed by atoms with van der Waals surface area (Å²) in [5, 5.41) is 38.9. The number of para-hydroxylation sites is 4. The predicted molar refractivity (Wildman–Crippen MR) is 248 cm³/mol. The van der Waals surface area contributed by atoms with E-state index >= 15 is 0 Å². The van der Waals surface area contributed by atoms with Crippen LogP contribution in [0.3, 0.4) is 0 Å². The fourth-order valence-corrected chi connectivity index (χ4v) is 6.47. The minimum atomic E-state index is -1.36. The molecule has 21 heteroatoms. The van der Waals surface area contributed by atoms with Crippen molar-refractivity contribution in [1.29, 1.82) is 10.5 Å². The summed E-state index contributed by atoms with van der Waals surface area (Å²) in [7, 11) is 0. The number of imidazole rings is 2. The Morgan fingerprint density at radius 1 is 0.630 bits per heavy atom. The zero-order chi connectivity index (χ0) is 50.6. The van der Waals surface area contributed by atoms with Crippen LogP contribution >= 0.6 is 0 Å². The summed E-state index contributed by atoms with van der Waals surface area (Å²) >= 11 is 0. The number of nitro benzene ring substituents is 2. The number of nitriles is 2. The van der Waals surface area contributed by atoms with Gasteiger partial charge in [-0.25, -0.2) is 17.0 Å². The van der Waals surface area contributed by atoms with Crippen LogP contribution < -0.4 is 0 Å². The Bertz CT molecular complexity index is 3650. The molecule has 0 fully saturated rings. The summed E-state index contributed by atoms with van der Waals surface area (Å²) < 4.78 is 57.6. The smallest absolute Gasteiger partial charge is 0.448 e. The molecule has 73 heavy (non-hydrogen) atoms. The number of halogens is 4. The topological polar surface area (TPSA) is 200 Å². The number of aromatic nitrogens is 6. The largest absolute Gasteiger partial charge is 3.00 e. The van der Waals surface area contributed by atoms with Crippen molar-refractivity contribution in [3.63, 3.8) is 0 Å². The van der Waals surface area contributed by atoms with Crippen molar-refractivity contribution in [3.05, 3.63) is 242 Å². The third kappa shape index (κ3) is 12.8. The van der Waals surface area contributed by atoms with Crippen molar-refractivity contribution in [3.8, 4) is 46.0 Å². The molecule has 0 amide bonds. The number of fused-ring (bicyclic) bond motifs is 2. The van der Waals surface area contributed by atoms with E-state index in [0.717, 1.165) is 45.1 Å². The molecule has 10 rings (SSSR count). The van der Waals surface area contributed by atoms with E-state index in [9.17, 15) is 37.8 Å². The Morgan fingerprint density at radius 2 is 1.07 bits per heavy atom. The van der Waals surface area contributed by atoms with Gasteiger partial charge in [-0.3, -0.25) is 37.8 Å². The first-order valence-electron chi connectivity index (χ1n) is 20.2. The van der Waals surface area contributed by atoms with E-state index in [1.54, 1.807) is 58.5 Å². The molecule has 0 radical (unpaired) electrons. The maximum Gasteiger partial charge on any atom is 3.00 e. The van der Waals surface area contributed by atoms with Crippen molar-refractivity contribution < 1.29 is 67.6 Å². The molecule has 15 nitrogen and oxygen atoms in total. The van der Waals surface area contributed by atoms with Gasteiger partial charge >= 0.3 is 40.2 Å². The fraction of sp³-hybridized carbons (Fsp3) is 0.0192. The molecular weight excluding hydrogens is 1300 g/mol. The van der Waals surface area contributed by atoms with Crippen LogP contribution in [0, 0.1) is 117 Å². The van der Waals surface area contributed by atoms with E-state index < -0.39 is 44.5 Å². The first kappa shape index (κ1) is 54.8. The SMILES string of the molecule is Cc1ccnc(-c2[c-]cc(F)c([N+](=O)[O-])c2F)c1.N#Cc1cc[c-]c(-n2[c-]nc3ccccc32)c1.N#Cc1cc[c-]c(-n2[c-]nc3ccccc32)c1.[C-]#[N+]c1ccnc(-c2[c-]cc(F)c([N+](=O)[O-])c2F)c1.[Ir+3].[Ir+3]. The van der Waals surface area contributed by atoms with E-state index in [1.807, 2.05) is 48.5 Å². The van der Waals surface area contributed by atoms with Crippen molar-refractivity contribution in [2.45, 2.75) is 6.92 Å². The fourth-order valence-electron chi connectivity index (χ4n) is 6.47. The van der Waals surface area contributed by atoms with Crippen LogP contribution in [-0.2, 0) is 40.2 Å². The molecule has 0 unspecified atom stereocenters. The third-order valence-electron chi connectivity index (χ3n) is 9.76. The van der Waals surface area contributed by atoms with E-state index in [0.29, 0.717) is 17.2 Å². The Morgan fingerprint density at radius 3 is 1.49 bits per heavy atom. The maximum atomic E-state index is 13.9. The van der Waals surface area contributed by atoms with Gasteiger partial charge in [0.1, 0.15) is 23.3 Å². The summed E-state index contributed by atoms with van der Waals surface area (Å²) in [6, 6.07) is 48.2. The molecule has 0 N–H and O–H groups in total. The summed E-state index contributed by atoms with van der Waals surface area (Å²) in [4.78, 5) is 38.1. The van der Waals surface area contributed by atoms with Crippen LogP contribution in [0.15, 0.2) is 134 Å². The average molecular weight is 1330 g/mol. The molecule has 358 valence electrons. The number of rotatable bonds is 6. The predicted octanol–water partition coefficient (Wildman–Crippen LogP) is 11.3. The number of hydrogen-bond acceptors (Lipinski definition) is 10. The number of benzene rings is 6. The van der Waals surface area contributed by atoms with Gasteiger partial charge in [0.15, 0.2) is 5.69 Å². The van der Waals surface area contributed by atoms with Gasteiger partial charge in [-0.05, 0) is 41.5 Å². The summed E-state index contributed by atoms with van der Waals surface area (Å²) in [5.41, 5.74) is 4.56. The van der Waals surface area contributed by atoms with Crippen LogP contribution in [0.2, 0.25) is 0 Å². The van der Waals surface area contributed by atoms with Gasteiger partial charge in [-0.15, -0.1) is 24.3 Å². The van der Waals surface area contributed by atoms with Gasteiger partial charge in [0, 0.05) is 34.9 Å². The van der Waals surface area contributed by atoms with Crippen molar-refractivity contribution in [1.82, 2.24) is 29.1 Å². The van der Waals surface area contributed by atoms with Crippen LogP contribution in [0.5, 0.6) is 0 Å². The molecule has 0 atom stereocenters. The van der Waals surface area contributed by atoms with Crippen molar-refractivity contribution in [2.75, 3.05) is 0 Å². The minimum absolute atomic E-state index is 0. The molecule has 10 aromatic rings. The Balaban J connectivity index is 0.000000179. The molecule has 4 heterocycles.